The molecule has 1 saturated heterocycles. The van der Waals surface area contributed by atoms with Crippen molar-refractivity contribution in [2.45, 2.75) is 0 Å². The van der Waals surface area contributed by atoms with Gasteiger partial charge in [-0.15, -0.1) is 0 Å². The Hall–Kier alpha value is -1.10. The maximum atomic E-state index is 5.10. The largest absolute Gasteiger partial charge is 0.377 e. The first-order valence-electron chi connectivity index (χ1n) is 4.60. The molecule has 1 aromatic rings. The van der Waals surface area contributed by atoms with E-state index in [-0.39, 0.29) is 0 Å². The average Bonchev–Trinajstić information content (AvgIpc) is 2.33. The summed E-state index contributed by atoms with van der Waals surface area (Å²) in [5.41, 5.74) is 3.46. The van der Waals surface area contributed by atoms with Gasteiger partial charge in [0.25, 0.3) is 0 Å². The number of rotatable bonds is 1. The zero-order valence-corrected chi connectivity index (χ0v) is 8.11. The summed E-state index contributed by atoms with van der Waals surface area (Å²) in [6.45, 7) is 3.11. The lowest BCUT2D eigenvalue weighted by molar-refractivity contribution is -0.0334. The van der Waals surface area contributed by atoms with Gasteiger partial charge in [-0.2, -0.15) is 0 Å². The van der Waals surface area contributed by atoms with Crippen molar-refractivity contribution in [3.63, 3.8) is 0 Å². The highest BCUT2D eigenvalue weighted by Gasteiger charge is 1.94. The van der Waals surface area contributed by atoms with Gasteiger partial charge >= 0.3 is 0 Å². The smallest absolute Gasteiger partial charge is 0.0701 e. The molecule has 0 saturated carbocycles. The van der Waals surface area contributed by atoms with Gasteiger partial charge in [0.05, 0.1) is 26.4 Å². The molecule has 0 atom stereocenters. The minimum absolute atomic E-state index is 0.778. The van der Waals surface area contributed by atoms with Gasteiger partial charge in [-0.05, 0) is 12.1 Å². The van der Waals surface area contributed by atoms with Crippen molar-refractivity contribution in [3.8, 4) is 0 Å². The molecule has 0 aliphatic carbocycles. The third-order valence-electron chi connectivity index (χ3n) is 1.68. The molecule has 3 N–H and O–H groups in total. The summed E-state index contributed by atoms with van der Waals surface area (Å²) < 4.78 is 9.89. The molecular formula is C10H16N2O2. The molecule has 0 aromatic heterocycles. The van der Waals surface area contributed by atoms with Crippen LogP contribution in [0.4, 0.5) is 5.69 Å². The number of para-hydroxylation sites is 1. The molecule has 4 nitrogen and oxygen atoms in total. The Labute approximate surface area is 84.0 Å². The van der Waals surface area contributed by atoms with Crippen molar-refractivity contribution >= 4 is 5.69 Å². The van der Waals surface area contributed by atoms with E-state index >= 15 is 0 Å². The number of hydrazine groups is 1. The maximum Gasteiger partial charge on any atom is 0.0701 e. The predicted molar refractivity (Wildman–Crippen MR) is 55.9 cm³/mol. The Morgan fingerprint density at radius 1 is 0.929 bits per heavy atom. The number of hydrogen-bond acceptors (Lipinski definition) is 4. The number of ether oxygens (including phenoxy) is 2. The summed E-state index contributed by atoms with van der Waals surface area (Å²) in [5.74, 6) is 5.10. The van der Waals surface area contributed by atoms with Crippen molar-refractivity contribution in [1.82, 2.24) is 0 Å². The summed E-state index contributed by atoms with van der Waals surface area (Å²) in [6.07, 6.45) is 0. The van der Waals surface area contributed by atoms with Gasteiger partial charge in [0.2, 0.25) is 0 Å². The number of nitrogens with two attached hydrogens (primary N) is 1. The number of anilines is 1. The lowest BCUT2D eigenvalue weighted by Crippen LogP contribution is -2.16. The fourth-order valence-electron chi connectivity index (χ4n) is 0.974. The second-order valence-corrected chi connectivity index (χ2v) is 2.74. The highest BCUT2D eigenvalue weighted by molar-refractivity contribution is 5.40. The van der Waals surface area contributed by atoms with E-state index in [0.717, 1.165) is 32.1 Å². The molecule has 1 heterocycles. The van der Waals surface area contributed by atoms with E-state index in [1.165, 1.54) is 0 Å². The van der Waals surface area contributed by atoms with Gasteiger partial charge < -0.3 is 14.9 Å². The zero-order chi connectivity index (χ0) is 10.1. The van der Waals surface area contributed by atoms with E-state index in [1.807, 2.05) is 30.3 Å². The van der Waals surface area contributed by atoms with Gasteiger partial charge in [-0.25, -0.2) is 0 Å². The summed E-state index contributed by atoms with van der Waals surface area (Å²) in [5, 5.41) is 0. The molecule has 78 valence electrons. The standard InChI is InChI=1S/C6H8N2.C4H8O2/c7-8-6-4-2-1-3-5-6;1-2-6-4-3-5-1/h1-5,8H,7H2;1-4H2. The van der Waals surface area contributed by atoms with Gasteiger partial charge in [-0.1, -0.05) is 18.2 Å². The molecule has 0 amide bonds. The molecule has 2 rings (SSSR count). The van der Waals surface area contributed by atoms with Crippen LogP contribution in [0.15, 0.2) is 30.3 Å². The third-order valence-corrected chi connectivity index (χ3v) is 1.68. The lowest BCUT2D eigenvalue weighted by atomic mass is 10.3. The van der Waals surface area contributed by atoms with E-state index < -0.39 is 0 Å². The van der Waals surface area contributed by atoms with Gasteiger partial charge in [0.15, 0.2) is 0 Å². The second-order valence-electron chi connectivity index (χ2n) is 2.74. The first kappa shape index (κ1) is 11.0. The van der Waals surface area contributed by atoms with Crippen molar-refractivity contribution in [2.24, 2.45) is 5.84 Å². The highest BCUT2D eigenvalue weighted by Crippen LogP contribution is 2.00. The molecule has 0 spiro atoms. The lowest BCUT2D eigenvalue weighted by Gasteiger charge is -2.09. The van der Waals surface area contributed by atoms with Gasteiger partial charge in [0.1, 0.15) is 0 Å². The van der Waals surface area contributed by atoms with E-state index in [1.54, 1.807) is 0 Å². The predicted octanol–water partition coefficient (Wildman–Crippen LogP) is 1.01. The molecule has 1 fully saturated rings. The molecule has 1 aliphatic heterocycles. The van der Waals surface area contributed by atoms with Crippen LogP contribution in [0.1, 0.15) is 0 Å². The summed E-state index contributed by atoms with van der Waals surface area (Å²) >= 11 is 0. The van der Waals surface area contributed by atoms with Crippen LogP contribution in [-0.2, 0) is 9.47 Å². The number of nitrogens with one attached hydrogen (secondary N) is 1. The van der Waals surface area contributed by atoms with Crippen LogP contribution in [0.25, 0.3) is 0 Å². The van der Waals surface area contributed by atoms with Gasteiger partial charge in [0, 0.05) is 5.69 Å². The van der Waals surface area contributed by atoms with E-state index in [2.05, 4.69) is 5.43 Å². The highest BCUT2D eigenvalue weighted by atomic mass is 16.6. The van der Waals surface area contributed by atoms with E-state index in [0.29, 0.717) is 0 Å². The van der Waals surface area contributed by atoms with Crippen LogP contribution in [0.2, 0.25) is 0 Å². The van der Waals surface area contributed by atoms with Crippen molar-refractivity contribution in [2.75, 3.05) is 31.9 Å². The Kier molecular flexibility index (Phi) is 5.74. The maximum absolute atomic E-state index is 5.10. The number of benzene rings is 1. The van der Waals surface area contributed by atoms with Crippen molar-refractivity contribution < 1.29 is 9.47 Å². The Morgan fingerprint density at radius 3 is 1.71 bits per heavy atom. The Bertz CT molecular complexity index is 213. The second kappa shape index (κ2) is 7.32. The summed E-state index contributed by atoms with van der Waals surface area (Å²) in [6, 6.07) is 9.60. The van der Waals surface area contributed by atoms with Crippen molar-refractivity contribution in [1.29, 1.82) is 0 Å². The van der Waals surface area contributed by atoms with Crippen LogP contribution in [0, 0.1) is 0 Å². The topological polar surface area (TPSA) is 56.5 Å². The average molecular weight is 196 g/mol. The van der Waals surface area contributed by atoms with Crippen LogP contribution < -0.4 is 11.3 Å². The normalized spacial score (nSPS) is 15.2. The molecule has 0 bridgehead atoms. The number of nitrogen functional groups attached to an aromatic ring is 1. The minimum Gasteiger partial charge on any atom is -0.377 e. The molecule has 1 aliphatic rings. The van der Waals surface area contributed by atoms with Crippen LogP contribution in [0.3, 0.4) is 0 Å². The van der Waals surface area contributed by atoms with Crippen molar-refractivity contribution in [3.05, 3.63) is 30.3 Å². The minimum atomic E-state index is 0.778. The molecule has 14 heavy (non-hydrogen) atoms. The fraction of sp³-hybridized carbons (Fsp3) is 0.400. The van der Waals surface area contributed by atoms with Crippen LogP contribution in [0.5, 0.6) is 0 Å². The first-order chi connectivity index (χ1) is 6.93. The van der Waals surface area contributed by atoms with Crippen LogP contribution in [-0.4, -0.2) is 26.4 Å². The summed E-state index contributed by atoms with van der Waals surface area (Å²) in [7, 11) is 0. The van der Waals surface area contributed by atoms with E-state index in [9.17, 15) is 0 Å². The molecule has 4 heteroatoms. The Morgan fingerprint density at radius 2 is 1.43 bits per heavy atom. The Balaban J connectivity index is 0.000000146. The molecular weight excluding hydrogens is 180 g/mol. The quantitative estimate of drug-likeness (QED) is 0.520. The van der Waals surface area contributed by atoms with E-state index in [4.69, 9.17) is 15.3 Å². The summed E-state index contributed by atoms with van der Waals surface area (Å²) in [4.78, 5) is 0. The van der Waals surface area contributed by atoms with Gasteiger partial charge in [-0.3, -0.25) is 5.84 Å². The zero-order valence-electron chi connectivity index (χ0n) is 8.11. The molecule has 0 radical (unpaired) electrons. The monoisotopic (exact) mass is 196 g/mol. The SMILES string of the molecule is C1COCCO1.NNc1ccccc1. The third kappa shape index (κ3) is 4.81. The fourth-order valence-corrected chi connectivity index (χ4v) is 0.974. The first-order valence-corrected chi connectivity index (χ1v) is 4.60. The number of hydrogen-bond donors (Lipinski definition) is 2. The molecule has 1 aromatic carbocycles. The molecule has 0 unspecified atom stereocenters. The van der Waals surface area contributed by atoms with Crippen LogP contribution >= 0.6 is 0 Å².